The summed E-state index contributed by atoms with van der Waals surface area (Å²) < 4.78 is 5.41. The number of carbonyl (C=O) groups excluding carboxylic acids is 1. The molecular weight excluding hydrogens is 242 g/mol. The molecule has 0 bridgehead atoms. The van der Waals surface area contributed by atoms with E-state index in [0.717, 1.165) is 24.3 Å². The molecular formula is C14H15N3O2. The Bertz CT molecular complexity index is 561. The van der Waals surface area contributed by atoms with Crippen molar-refractivity contribution < 1.29 is 9.21 Å². The maximum atomic E-state index is 11.7. The van der Waals surface area contributed by atoms with Crippen LogP contribution in [0.5, 0.6) is 0 Å². The molecule has 1 aromatic heterocycles. The van der Waals surface area contributed by atoms with E-state index in [2.05, 4.69) is 15.6 Å². The number of benzene rings is 1. The van der Waals surface area contributed by atoms with Crippen LogP contribution < -0.4 is 10.6 Å². The summed E-state index contributed by atoms with van der Waals surface area (Å²) in [7, 11) is 0. The first-order valence-corrected chi connectivity index (χ1v) is 6.31. The molecule has 2 aromatic rings. The summed E-state index contributed by atoms with van der Waals surface area (Å²) in [5.74, 6) is 0.749. The van der Waals surface area contributed by atoms with Crippen LogP contribution in [-0.2, 0) is 11.3 Å². The SMILES string of the molecule is O=C(NCc1coc(-c2ccccc2)n1)C1CNC1. The van der Waals surface area contributed by atoms with Crippen molar-refractivity contribution in [3.8, 4) is 11.5 Å². The maximum absolute atomic E-state index is 11.7. The Kier molecular flexibility index (Phi) is 3.29. The van der Waals surface area contributed by atoms with E-state index in [0.29, 0.717) is 12.4 Å². The highest BCUT2D eigenvalue weighted by Crippen LogP contribution is 2.17. The van der Waals surface area contributed by atoms with E-state index in [1.54, 1.807) is 6.26 Å². The molecule has 0 unspecified atom stereocenters. The van der Waals surface area contributed by atoms with Crippen molar-refractivity contribution in [3.05, 3.63) is 42.3 Å². The first-order valence-electron chi connectivity index (χ1n) is 6.31. The van der Waals surface area contributed by atoms with Gasteiger partial charge in [0.15, 0.2) is 0 Å². The lowest BCUT2D eigenvalue weighted by Crippen LogP contribution is -2.50. The second-order valence-corrected chi connectivity index (χ2v) is 4.58. The monoisotopic (exact) mass is 257 g/mol. The van der Waals surface area contributed by atoms with Crippen molar-refractivity contribution >= 4 is 5.91 Å². The first kappa shape index (κ1) is 11.9. The third-order valence-corrected chi connectivity index (χ3v) is 3.17. The van der Waals surface area contributed by atoms with Crippen LogP contribution in [0.15, 0.2) is 41.0 Å². The average molecular weight is 257 g/mol. The standard InChI is InChI=1S/C14H15N3O2/c18-13(11-6-15-7-11)16-8-12-9-19-14(17-12)10-4-2-1-3-5-10/h1-5,9,11,15H,6-8H2,(H,16,18). The number of hydrogen-bond acceptors (Lipinski definition) is 4. The van der Waals surface area contributed by atoms with Gasteiger partial charge in [0.2, 0.25) is 11.8 Å². The van der Waals surface area contributed by atoms with Gasteiger partial charge in [-0.25, -0.2) is 4.98 Å². The van der Waals surface area contributed by atoms with E-state index >= 15 is 0 Å². The van der Waals surface area contributed by atoms with E-state index in [1.807, 2.05) is 30.3 Å². The molecule has 1 fully saturated rings. The zero-order valence-electron chi connectivity index (χ0n) is 10.4. The quantitative estimate of drug-likeness (QED) is 0.863. The van der Waals surface area contributed by atoms with Crippen LogP contribution in [0.4, 0.5) is 0 Å². The zero-order valence-corrected chi connectivity index (χ0v) is 10.4. The molecule has 0 atom stereocenters. The second kappa shape index (κ2) is 5.24. The van der Waals surface area contributed by atoms with Gasteiger partial charge in [0, 0.05) is 18.7 Å². The molecule has 5 heteroatoms. The Morgan fingerprint density at radius 1 is 1.37 bits per heavy atom. The predicted molar refractivity (Wildman–Crippen MR) is 70.1 cm³/mol. The Hall–Kier alpha value is -2.14. The summed E-state index contributed by atoms with van der Waals surface area (Å²) in [5, 5.41) is 5.94. The topological polar surface area (TPSA) is 67.2 Å². The van der Waals surface area contributed by atoms with Crippen LogP contribution >= 0.6 is 0 Å². The predicted octanol–water partition coefficient (Wildman–Crippen LogP) is 1.18. The highest BCUT2D eigenvalue weighted by atomic mass is 16.3. The van der Waals surface area contributed by atoms with Crippen molar-refractivity contribution in [2.45, 2.75) is 6.54 Å². The summed E-state index contributed by atoms with van der Waals surface area (Å²) in [5.41, 5.74) is 1.67. The van der Waals surface area contributed by atoms with Gasteiger partial charge in [-0.15, -0.1) is 0 Å². The van der Waals surface area contributed by atoms with E-state index in [9.17, 15) is 4.79 Å². The van der Waals surface area contributed by atoms with Crippen molar-refractivity contribution in [2.75, 3.05) is 13.1 Å². The second-order valence-electron chi connectivity index (χ2n) is 4.58. The third kappa shape index (κ3) is 2.66. The van der Waals surface area contributed by atoms with Gasteiger partial charge in [0.05, 0.1) is 18.2 Å². The molecule has 1 amide bonds. The molecule has 19 heavy (non-hydrogen) atoms. The van der Waals surface area contributed by atoms with Gasteiger partial charge < -0.3 is 15.1 Å². The summed E-state index contributed by atoms with van der Waals surface area (Å²) in [4.78, 5) is 16.0. The molecule has 1 aliphatic heterocycles. The smallest absolute Gasteiger partial charge is 0.226 e. The zero-order chi connectivity index (χ0) is 13.1. The van der Waals surface area contributed by atoms with Crippen LogP contribution in [0.3, 0.4) is 0 Å². The number of oxazole rings is 1. The highest BCUT2D eigenvalue weighted by Gasteiger charge is 2.24. The minimum absolute atomic E-state index is 0.0722. The van der Waals surface area contributed by atoms with Crippen LogP contribution in [0.25, 0.3) is 11.5 Å². The van der Waals surface area contributed by atoms with E-state index < -0.39 is 0 Å². The average Bonchev–Trinajstić information content (AvgIpc) is 2.84. The Balaban J connectivity index is 1.60. The van der Waals surface area contributed by atoms with E-state index in [-0.39, 0.29) is 11.8 Å². The number of nitrogens with zero attached hydrogens (tertiary/aromatic N) is 1. The number of amides is 1. The third-order valence-electron chi connectivity index (χ3n) is 3.17. The molecule has 0 saturated carbocycles. The van der Waals surface area contributed by atoms with Crippen LogP contribution in [0, 0.1) is 5.92 Å². The van der Waals surface area contributed by atoms with Crippen molar-refractivity contribution in [2.24, 2.45) is 5.92 Å². The molecule has 2 N–H and O–H groups in total. The first-order chi connectivity index (χ1) is 9.33. The number of rotatable bonds is 4. The molecule has 2 heterocycles. The summed E-state index contributed by atoms with van der Waals surface area (Å²) >= 11 is 0. The molecule has 0 spiro atoms. The van der Waals surface area contributed by atoms with Crippen molar-refractivity contribution in [1.29, 1.82) is 0 Å². The molecule has 98 valence electrons. The van der Waals surface area contributed by atoms with Crippen LogP contribution in [0.2, 0.25) is 0 Å². The van der Waals surface area contributed by atoms with Gasteiger partial charge in [0.1, 0.15) is 6.26 Å². The molecule has 3 rings (SSSR count). The minimum atomic E-state index is 0.0722. The minimum Gasteiger partial charge on any atom is -0.444 e. The van der Waals surface area contributed by atoms with E-state index in [1.165, 1.54) is 0 Å². The maximum Gasteiger partial charge on any atom is 0.226 e. The normalized spacial score (nSPS) is 14.9. The van der Waals surface area contributed by atoms with Crippen molar-refractivity contribution in [1.82, 2.24) is 15.6 Å². The molecule has 1 aromatic carbocycles. The van der Waals surface area contributed by atoms with Gasteiger partial charge in [-0.05, 0) is 12.1 Å². The summed E-state index contributed by atoms with van der Waals surface area (Å²) in [6, 6.07) is 9.69. The van der Waals surface area contributed by atoms with Crippen LogP contribution in [0.1, 0.15) is 5.69 Å². The van der Waals surface area contributed by atoms with Gasteiger partial charge in [-0.1, -0.05) is 18.2 Å². The molecule has 5 nitrogen and oxygen atoms in total. The Morgan fingerprint density at radius 2 is 2.16 bits per heavy atom. The van der Waals surface area contributed by atoms with Crippen LogP contribution in [-0.4, -0.2) is 24.0 Å². The Labute approximate surface area is 111 Å². The largest absolute Gasteiger partial charge is 0.444 e. The Morgan fingerprint density at radius 3 is 2.84 bits per heavy atom. The fourth-order valence-electron chi connectivity index (χ4n) is 1.90. The number of aromatic nitrogens is 1. The number of hydrogen-bond donors (Lipinski definition) is 2. The fourth-order valence-corrected chi connectivity index (χ4v) is 1.90. The van der Waals surface area contributed by atoms with E-state index in [4.69, 9.17) is 4.42 Å². The fraction of sp³-hybridized carbons (Fsp3) is 0.286. The van der Waals surface area contributed by atoms with Gasteiger partial charge >= 0.3 is 0 Å². The molecule has 1 aliphatic rings. The lowest BCUT2D eigenvalue weighted by Gasteiger charge is -2.25. The molecule has 1 saturated heterocycles. The number of nitrogens with one attached hydrogen (secondary N) is 2. The van der Waals surface area contributed by atoms with Gasteiger partial charge in [0.25, 0.3) is 0 Å². The van der Waals surface area contributed by atoms with Gasteiger partial charge in [-0.2, -0.15) is 0 Å². The number of carbonyl (C=O) groups is 1. The molecule has 0 aliphatic carbocycles. The molecule has 0 radical (unpaired) electrons. The summed E-state index contributed by atoms with van der Waals surface area (Å²) in [6.07, 6.45) is 1.58. The van der Waals surface area contributed by atoms with Crippen molar-refractivity contribution in [3.63, 3.8) is 0 Å². The summed E-state index contributed by atoms with van der Waals surface area (Å²) in [6.45, 7) is 1.94. The lowest BCUT2D eigenvalue weighted by molar-refractivity contribution is -0.126. The highest BCUT2D eigenvalue weighted by molar-refractivity contribution is 5.79. The van der Waals surface area contributed by atoms with Gasteiger partial charge in [-0.3, -0.25) is 4.79 Å². The lowest BCUT2D eigenvalue weighted by atomic mass is 10.0.